The first-order valence-corrected chi connectivity index (χ1v) is 6.05. The molecule has 2 N–H and O–H groups in total. The lowest BCUT2D eigenvalue weighted by Gasteiger charge is -2.33. The largest absolute Gasteiger partial charge is 0.376 e. The Bertz CT molecular complexity index is 342. The summed E-state index contributed by atoms with van der Waals surface area (Å²) < 4.78 is 7.81. The van der Waals surface area contributed by atoms with E-state index in [1.165, 1.54) is 12.8 Å². The van der Waals surface area contributed by atoms with E-state index in [-0.39, 0.29) is 11.6 Å². The van der Waals surface area contributed by atoms with Crippen LogP contribution in [0.5, 0.6) is 0 Å². The quantitative estimate of drug-likeness (QED) is 0.847. The SMILES string of the molecule is CCn1ccnc1C(N)C1(OC)CCCC1. The van der Waals surface area contributed by atoms with Crippen molar-refractivity contribution in [2.75, 3.05) is 7.11 Å². The molecule has 4 heteroatoms. The maximum Gasteiger partial charge on any atom is 0.128 e. The Balaban J connectivity index is 2.26. The molecule has 1 aromatic heterocycles. The van der Waals surface area contributed by atoms with E-state index in [1.54, 1.807) is 7.11 Å². The fraction of sp³-hybridized carbons (Fsp3) is 0.750. The molecule has 0 aromatic carbocycles. The average Bonchev–Trinajstić information content (AvgIpc) is 2.97. The molecule has 90 valence electrons. The van der Waals surface area contributed by atoms with E-state index in [2.05, 4.69) is 16.5 Å². The zero-order chi connectivity index (χ0) is 11.6. The van der Waals surface area contributed by atoms with Crippen molar-refractivity contribution >= 4 is 0 Å². The minimum absolute atomic E-state index is 0.116. The first kappa shape index (κ1) is 11.6. The summed E-state index contributed by atoms with van der Waals surface area (Å²) in [5.74, 6) is 0.950. The third-order valence-corrected chi connectivity index (χ3v) is 3.79. The van der Waals surface area contributed by atoms with Gasteiger partial charge in [0.05, 0.1) is 11.6 Å². The second-order valence-corrected chi connectivity index (χ2v) is 4.53. The van der Waals surface area contributed by atoms with Crippen molar-refractivity contribution < 1.29 is 4.74 Å². The fourth-order valence-electron chi connectivity index (χ4n) is 2.72. The van der Waals surface area contributed by atoms with Crippen LogP contribution in [0.4, 0.5) is 0 Å². The Morgan fingerprint density at radius 3 is 2.81 bits per heavy atom. The summed E-state index contributed by atoms with van der Waals surface area (Å²) in [7, 11) is 1.77. The molecular weight excluding hydrogens is 202 g/mol. The lowest BCUT2D eigenvalue weighted by atomic mass is 9.92. The Hall–Kier alpha value is -0.870. The van der Waals surface area contributed by atoms with Crippen LogP contribution in [0.3, 0.4) is 0 Å². The normalized spacial score (nSPS) is 21.2. The number of nitrogens with two attached hydrogens (primary N) is 1. The summed E-state index contributed by atoms with van der Waals surface area (Å²) in [4.78, 5) is 4.38. The molecule has 4 nitrogen and oxygen atoms in total. The Morgan fingerprint density at radius 2 is 2.25 bits per heavy atom. The molecule has 0 radical (unpaired) electrons. The number of ether oxygens (including phenoxy) is 1. The van der Waals surface area contributed by atoms with Crippen molar-refractivity contribution in [2.45, 2.75) is 50.8 Å². The van der Waals surface area contributed by atoms with Gasteiger partial charge in [-0.2, -0.15) is 0 Å². The summed E-state index contributed by atoms with van der Waals surface area (Å²) in [5.41, 5.74) is 6.16. The molecule has 16 heavy (non-hydrogen) atoms. The molecule has 2 rings (SSSR count). The van der Waals surface area contributed by atoms with Crippen LogP contribution in [0.15, 0.2) is 12.4 Å². The van der Waals surface area contributed by atoms with Gasteiger partial charge >= 0.3 is 0 Å². The van der Waals surface area contributed by atoms with Gasteiger partial charge in [-0.1, -0.05) is 12.8 Å². The molecule has 1 unspecified atom stereocenters. The molecule has 1 heterocycles. The molecule has 0 amide bonds. The highest BCUT2D eigenvalue weighted by atomic mass is 16.5. The topological polar surface area (TPSA) is 53.1 Å². The van der Waals surface area contributed by atoms with Gasteiger partial charge < -0.3 is 15.0 Å². The van der Waals surface area contributed by atoms with Crippen LogP contribution >= 0.6 is 0 Å². The number of aryl methyl sites for hydroxylation is 1. The van der Waals surface area contributed by atoms with Crippen LogP contribution < -0.4 is 5.73 Å². The summed E-state index contributed by atoms with van der Waals surface area (Å²) in [6.07, 6.45) is 8.29. The van der Waals surface area contributed by atoms with E-state index in [0.29, 0.717) is 0 Å². The second-order valence-electron chi connectivity index (χ2n) is 4.53. The van der Waals surface area contributed by atoms with Crippen molar-refractivity contribution in [2.24, 2.45) is 5.73 Å². The minimum Gasteiger partial charge on any atom is -0.376 e. The first-order chi connectivity index (χ1) is 7.73. The van der Waals surface area contributed by atoms with Gasteiger partial charge in [0.2, 0.25) is 0 Å². The van der Waals surface area contributed by atoms with Crippen LogP contribution in [0.1, 0.15) is 44.5 Å². The van der Waals surface area contributed by atoms with E-state index < -0.39 is 0 Å². The lowest BCUT2D eigenvalue weighted by Crippen LogP contribution is -2.42. The molecule has 0 saturated heterocycles. The van der Waals surface area contributed by atoms with E-state index in [1.807, 2.05) is 12.4 Å². The van der Waals surface area contributed by atoms with Crippen LogP contribution in [-0.2, 0) is 11.3 Å². The Labute approximate surface area is 96.8 Å². The maximum atomic E-state index is 6.36. The van der Waals surface area contributed by atoms with Crippen LogP contribution in [-0.4, -0.2) is 22.3 Å². The third-order valence-electron chi connectivity index (χ3n) is 3.79. The summed E-state index contributed by atoms with van der Waals surface area (Å²) in [5, 5.41) is 0. The number of hydrogen-bond donors (Lipinski definition) is 1. The molecule has 0 aliphatic heterocycles. The van der Waals surface area contributed by atoms with Gasteiger partial charge in [-0.05, 0) is 19.8 Å². The van der Waals surface area contributed by atoms with Crippen molar-refractivity contribution in [3.05, 3.63) is 18.2 Å². The predicted octanol–water partition coefficient (Wildman–Crippen LogP) is 1.86. The molecule has 0 spiro atoms. The number of hydrogen-bond acceptors (Lipinski definition) is 3. The van der Waals surface area contributed by atoms with Gasteiger partial charge in [0.1, 0.15) is 5.82 Å². The third kappa shape index (κ3) is 1.76. The molecule has 1 aliphatic rings. The lowest BCUT2D eigenvalue weighted by molar-refractivity contribution is -0.0292. The van der Waals surface area contributed by atoms with Crippen molar-refractivity contribution in [1.82, 2.24) is 9.55 Å². The monoisotopic (exact) mass is 223 g/mol. The van der Waals surface area contributed by atoms with Crippen molar-refractivity contribution in [1.29, 1.82) is 0 Å². The zero-order valence-corrected chi connectivity index (χ0v) is 10.1. The molecule has 1 atom stereocenters. The second kappa shape index (κ2) is 4.55. The number of rotatable bonds is 4. The van der Waals surface area contributed by atoms with Gasteiger partial charge in [-0.3, -0.25) is 0 Å². The predicted molar refractivity (Wildman–Crippen MR) is 63.0 cm³/mol. The number of imidazole rings is 1. The highest BCUT2D eigenvalue weighted by Gasteiger charge is 2.42. The molecule has 1 aliphatic carbocycles. The maximum absolute atomic E-state index is 6.36. The fourth-order valence-corrected chi connectivity index (χ4v) is 2.72. The Morgan fingerprint density at radius 1 is 1.56 bits per heavy atom. The molecule has 0 bridgehead atoms. The Kier molecular flexibility index (Phi) is 3.30. The first-order valence-electron chi connectivity index (χ1n) is 6.05. The van der Waals surface area contributed by atoms with E-state index in [4.69, 9.17) is 10.5 Å². The molecular formula is C12H21N3O. The van der Waals surface area contributed by atoms with Gasteiger partial charge in [-0.15, -0.1) is 0 Å². The van der Waals surface area contributed by atoms with Gasteiger partial charge in [0.25, 0.3) is 0 Å². The van der Waals surface area contributed by atoms with Crippen molar-refractivity contribution in [3.63, 3.8) is 0 Å². The number of nitrogens with zero attached hydrogens (tertiary/aromatic N) is 2. The summed E-state index contributed by atoms with van der Waals surface area (Å²) in [6.45, 7) is 3.01. The van der Waals surface area contributed by atoms with Gasteiger partial charge in [0.15, 0.2) is 0 Å². The van der Waals surface area contributed by atoms with E-state index in [9.17, 15) is 0 Å². The smallest absolute Gasteiger partial charge is 0.128 e. The minimum atomic E-state index is -0.196. The van der Waals surface area contributed by atoms with Crippen molar-refractivity contribution in [3.8, 4) is 0 Å². The van der Waals surface area contributed by atoms with Crippen LogP contribution in [0, 0.1) is 0 Å². The van der Waals surface area contributed by atoms with E-state index in [0.717, 1.165) is 25.2 Å². The van der Waals surface area contributed by atoms with Crippen LogP contribution in [0.25, 0.3) is 0 Å². The number of methoxy groups -OCH3 is 1. The van der Waals surface area contributed by atoms with Gasteiger partial charge in [-0.25, -0.2) is 4.98 Å². The van der Waals surface area contributed by atoms with E-state index >= 15 is 0 Å². The molecule has 1 fully saturated rings. The number of aromatic nitrogens is 2. The molecule has 1 aromatic rings. The summed E-state index contributed by atoms with van der Waals surface area (Å²) >= 11 is 0. The standard InChI is InChI=1S/C12H21N3O/c1-3-15-9-8-14-11(15)10(13)12(16-2)6-4-5-7-12/h8-10H,3-7,13H2,1-2H3. The average molecular weight is 223 g/mol. The molecule has 1 saturated carbocycles. The highest BCUT2D eigenvalue weighted by molar-refractivity contribution is 5.08. The van der Waals surface area contributed by atoms with Crippen LogP contribution in [0.2, 0.25) is 0 Å². The summed E-state index contributed by atoms with van der Waals surface area (Å²) in [6, 6.07) is -0.116. The van der Waals surface area contributed by atoms with Gasteiger partial charge in [0, 0.05) is 26.0 Å². The zero-order valence-electron chi connectivity index (χ0n) is 10.1. The highest BCUT2D eigenvalue weighted by Crippen LogP contribution is 2.40.